The summed E-state index contributed by atoms with van der Waals surface area (Å²) in [5, 5.41) is 41.2. The zero-order valence-electron chi connectivity index (χ0n) is 10.8. The van der Waals surface area contributed by atoms with E-state index < -0.39 is 48.9 Å². The molecule has 9 heteroatoms. The summed E-state index contributed by atoms with van der Waals surface area (Å²) in [4.78, 5) is 21.7. The van der Waals surface area contributed by atoms with Gasteiger partial charge in [-0.1, -0.05) is 0 Å². The van der Waals surface area contributed by atoms with Gasteiger partial charge in [-0.3, -0.25) is 4.79 Å². The maximum Gasteiger partial charge on any atom is 1.00 e. The Balaban J connectivity index is 0.00000324. The van der Waals surface area contributed by atoms with Crippen molar-refractivity contribution in [3.05, 3.63) is 0 Å². The number of amides is 1. The standard InChI is InChI=1S/C10H17NO7.Na/c1-4(13)11-8-5(14)2-7(10(16)17)18-9(8)6(15)3-12;/h5-9,12,14-15H,2-3H2,1H3,(H,11,13)(H,16,17);/q;+1/p-1/t5-,6+,7+,8+,9-;/m0./s1. The van der Waals surface area contributed by atoms with Crippen molar-refractivity contribution in [3.63, 3.8) is 0 Å². The summed E-state index contributed by atoms with van der Waals surface area (Å²) in [7, 11) is 0. The van der Waals surface area contributed by atoms with Crippen molar-refractivity contribution in [2.75, 3.05) is 6.61 Å². The maximum atomic E-state index is 11.0. The van der Waals surface area contributed by atoms with E-state index in [-0.39, 0.29) is 36.0 Å². The number of carbonyl (C=O) groups excluding carboxylic acids is 2. The van der Waals surface area contributed by atoms with Crippen molar-refractivity contribution in [2.45, 2.75) is 43.8 Å². The van der Waals surface area contributed by atoms with Crippen LogP contribution in [0.4, 0.5) is 0 Å². The van der Waals surface area contributed by atoms with Gasteiger partial charge in [-0.25, -0.2) is 0 Å². The Morgan fingerprint density at radius 2 is 2.11 bits per heavy atom. The number of rotatable bonds is 4. The summed E-state index contributed by atoms with van der Waals surface area (Å²) in [6, 6.07) is -0.986. The minimum Gasteiger partial charge on any atom is -0.547 e. The van der Waals surface area contributed by atoms with Gasteiger partial charge >= 0.3 is 29.6 Å². The van der Waals surface area contributed by atoms with Crippen molar-refractivity contribution in [3.8, 4) is 0 Å². The van der Waals surface area contributed by atoms with Crippen LogP contribution in [-0.4, -0.2) is 64.3 Å². The molecule has 104 valence electrons. The fraction of sp³-hybridized carbons (Fsp3) is 0.800. The SMILES string of the molecule is CC(=O)N[C@H]1[C@H]([C@H](O)CO)O[C@@H](C(=O)[O-])C[C@@H]1O.[Na+]. The molecule has 0 aromatic carbocycles. The third kappa shape index (κ3) is 4.99. The summed E-state index contributed by atoms with van der Waals surface area (Å²) >= 11 is 0. The van der Waals surface area contributed by atoms with Crippen LogP contribution in [0, 0.1) is 0 Å². The number of carboxylic acids is 1. The van der Waals surface area contributed by atoms with E-state index in [1.165, 1.54) is 6.92 Å². The molecule has 1 amide bonds. The second-order valence-corrected chi connectivity index (χ2v) is 4.19. The van der Waals surface area contributed by atoms with Crippen molar-refractivity contribution >= 4 is 11.9 Å². The number of aliphatic carboxylic acids is 1. The van der Waals surface area contributed by atoms with E-state index in [2.05, 4.69) is 5.32 Å². The molecule has 0 aromatic rings. The molecule has 8 nitrogen and oxygen atoms in total. The van der Waals surface area contributed by atoms with E-state index in [0.717, 1.165) is 0 Å². The number of aliphatic hydroxyl groups is 3. The molecule has 1 saturated heterocycles. The predicted octanol–water partition coefficient (Wildman–Crippen LogP) is -6.88. The van der Waals surface area contributed by atoms with Crippen molar-refractivity contribution in [1.82, 2.24) is 5.32 Å². The molecule has 1 heterocycles. The van der Waals surface area contributed by atoms with Crippen LogP contribution in [0.3, 0.4) is 0 Å². The van der Waals surface area contributed by atoms with Gasteiger partial charge in [0.15, 0.2) is 0 Å². The molecule has 1 aliphatic heterocycles. The molecular formula is C10H16NNaO7. The van der Waals surface area contributed by atoms with Gasteiger partial charge in [-0.2, -0.15) is 0 Å². The van der Waals surface area contributed by atoms with Crippen LogP contribution in [-0.2, 0) is 14.3 Å². The van der Waals surface area contributed by atoms with Gasteiger partial charge in [0, 0.05) is 13.3 Å². The first-order valence-electron chi connectivity index (χ1n) is 5.47. The molecule has 5 atom stereocenters. The Morgan fingerprint density at radius 1 is 1.53 bits per heavy atom. The number of aliphatic hydroxyl groups excluding tert-OH is 3. The Bertz CT molecular complexity index is 327. The van der Waals surface area contributed by atoms with E-state index in [0.29, 0.717) is 0 Å². The van der Waals surface area contributed by atoms with Crippen LogP contribution >= 0.6 is 0 Å². The third-order valence-electron chi connectivity index (χ3n) is 2.74. The van der Waals surface area contributed by atoms with Gasteiger partial charge in [0.1, 0.15) is 12.2 Å². The molecule has 1 rings (SSSR count). The summed E-state index contributed by atoms with van der Waals surface area (Å²) < 4.78 is 5.04. The molecule has 1 aliphatic rings. The average molecular weight is 285 g/mol. The number of carboxylic acid groups (broad SMARTS) is 1. The fourth-order valence-electron chi connectivity index (χ4n) is 1.91. The minimum atomic E-state index is -1.52. The van der Waals surface area contributed by atoms with Crippen LogP contribution in [0.2, 0.25) is 0 Å². The first-order valence-corrected chi connectivity index (χ1v) is 5.47. The molecule has 0 unspecified atom stereocenters. The molecule has 0 aliphatic carbocycles. The monoisotopic (exact) mass is 285 g/mol. The molecule has 4 N–H and O–H groups in total. The fourth-order valence-corrected chi connectivity index (χ4v) is 1.91. The molecule has 0 radical (unpaired) electrons. The number of ether oxygens (including phenoxy) is 1. The van der Waals surface area contributed by atoms with E-state index in [1.807, 2.05) is 0 Å². The van der Waals surface area contributed by atoms with Gasteiger partial charge in [-0.05, 0) is 0 Å². The van der Waals surface area contributed by atoms with Crippen LogP contribution < -0.4 is 40.0 Å². The van der Waals surface area contributed by atoms with Crippen LogP contribution in [0.1, 0.15) is 13.3 Å². The molecule has 0 spiro atoms. The van der Waals surface area contributed by atoms with Gasteiger partial charge < -0.3 is 35.3 Å². The van der Waals surface area contributed by atoms with Crippen LogP contribution in [0.5, 0.6) is 0 Å². The Labute approximate surface area is 132 Å². The zero-order valence-corrected chi connectivity index (χ0v) is 12.8. The number of hydrogen-bond acceptors (Lipinski definition) is 7. The number of nitrogens with one attached hydrogen (secondary N) is 1. The molecule has 0 aromatic heterocycles. The predicted molar refractivity (Wildman–Crippen MR) is 55.0 cm³/mol. The molecular weight excluding hydrogens is 269 g/mol. The summed E-state index contributed by atoms with van der Waals surface area (Å²) in [5.74, 6) is -1.99. The largest absolute Gasteiger partial charge is 1.00 e. The third-order valence-corrected chi connectivity index (χ3v) is 2.74. The average Bonchev–Trinajstić information content (AvgIpc) is 2.29. The Hall–Kier alpha value is -0.220. The number of carbonyl (C=O) groups is 2. The molecule has 19 heavy (non-hydrogen) atoms. The second kappa shape index (κ2) is 8.15. The minimum absolute atomic E-state index is 0. The Morgan fingerprint density at radius 3 is 2.53 bits per heavy atom. The first kappa shape index (κ1) is 18.8. The van der Waals surface area contributed by atoms with Gasteiger partial charge in [0.2, 0.25) is 5.91 Å². The first-order chi connectivity index (χ1) is 8.36. The van der Waals surface area contributed by atoms with Gasteiger partial charge in [0.05, 0.1) is 30.8 Å². The smallest absolute Gasteiger partial charge is 0.547 e. The van der Waals surface area contributed by atoms with E-state index >= 15 is 0 Å². The van der Waals surface area contributed by atoms with Crippen molar-refractivity contribution < 1.29 is 64.3 Å². The zero-order chi connectivity index (χ0) is 13.9. The van der Waals surface area contributed by atoms with Crippen LogP contribution in [0.25, 0.3) is 0 Å². The summed E-state index contributed by atoms with van der Waals surface area (Å²) in [6.45, 7) is 0.521. The number of hydrogen-bond donors (Lipinski definition) is 4. The van der Waals surface area contributed by atoms with Gasteiger partial charge in [0.25, 0.3) is 0 Å². The molecule has 1 fully saturated rings. The quantitative estimate of drug-likeness (QED) is 0.376. The summed E-state index contributed by atoms with van der Waals surface area (Å²) in [5.41, 5.74) is 0. The van der Waals surface area contributed by atoms with Gasteiger partial charge in [-0.15, -0.1) is 0 Å². The Kier molecular flexibility index (Phi) is 8.06. The van der Waals surface area contributed by atoms with E-state index in [4.69, 9.17) is 9.84 Å². The molecule has 0 bridgehead atoms. The maximum absolute atomic E-state index is 11.0. The molecule has 0 saturated carbocycles. The van der Waals surface area contributed by atoms with Crippen molar-refractivity contribution in [2.24, 2.45) is 0 Å². The topological polar surface area (TPSA) is 139 Å². The van der Waals surface area contributed by atoms with Crippen molar-refractivity contribution in [1.29, 1.82) is 0 Å². The van der Waals surface area contributed by atoms with Crippen LogP contribution in [0.15, 0.2) is 0 Å². The van der Waals surface area contributed by atoms with E-state index in [1.54, 1.807) is 0 Å². The van der Waals surface area contributed by atoms with E-state index in [9.17, 15) is 24.9 Å². The second-order valence-electron chi connectivity index (χ2n) is 4.19. The summed E-state index contributed by atoms with van der Waals surface area (Å²) in [6.07, 6.45) is -5.50. The normalized spacial score (nSPS) is 32.0.